The number of rotatable bonds is 6. The third kappa shape index (κ3) is 5.26. The van der Waals surface area contributed by atoms with Crippen LogP contribution in [0.15, 0.2) is 85.2 Å². The third-order valence-corrected chi connectivity index (χ3v) is 5.60. The van der Waals surface area contributed by atoms with Crippen LogP contribution in [0.3, 0.4) is 0 Å². The lowest BCUT2D eigenvalue weighted by molar-refractivity contribution is -0.137. The number of amides is 1. The number of benzene rings is 3. The molecular weight excluding hydrogens is 451 g/mol. The van der Waals surface area contributed by atoms with Crippen molar-refractivity contribution in [1.82, 2.24) is 4.98 Å². The Hall–Kier alpha value is -3.58. The molecule has 0 saturated heterocycles. The second-order valence-electron chi connectivity index (χ2n) is 7.42. The largest absolute Gasteiger partial charge is 0.416 e. The van der Waals surface area contributed by atoms with E-state index >= 15 is 0 Å². The molecule has 0 fully saturated rings. The highest BCUT2D eigenvalue weighted by molar-refractivity contribution is 6.33. The van der Waals surface area contributed by atoms with Crippen LogP contribution < -0.4 is 10.6 Å². The number of nitrogens with zero attached hydrogens (tertiary/aromatic N) is 1. The topological polar surface area (TPSA) is 54.0 Å². The minimum Gasteiger partial charge on any atom is -0.383 e. The van der Waals surface area contributed by atoms with Gasteiger partial charge in [0.15, 0.2) is 0 Å². The number of alkyl halides is 3. The highest BCUT2D eigenvalue weighted by Gasteiger charge is 2.31. The molecule has 33 heavy (non-hydrogen) atoms. The maximum absolute atomic E-state index is 13.3. The number of fused-ring (bicyclic) bond motifs is 1. The summed E-state index contributed by atoms with van der Waals surface area (Å²) in [7, 11) is 0. The maximum atomic E-state index is 13.3. The molecular formula is C25H19ClF3N3O. The van der Waals surface area contributed by atoms with Gasteiger partial charge < -0.3 is 10.6 Å². The van der Waals surface area contributed by atoms with E-state index in [1.807, 2.05) is 6.07 Å². The summed E-state index contributed by atoms with van der Waals surface area (Å²) in [4.78, 5) is 17.4. The molecule has 8 heteroatoms. The summed E-state index contributed by atoms with van der Waals surface area (Å²) in [6, 6.07) is 18.9. The molecule has 2 N–H and O–H groups in total. The third-order valence-electron chi connectivity index (χ3n) is 5.27. The fourth-order valence-electron chi connectivity index (χ4n) is 3.53. The number of hydrogen-bond donors (Lipinski definition) is 2. The molecule has 0 aliphatic rings. The molecule has 0 bridgehead atoms. The number of halogens is 4. The Kier molecular flexibility index (Phi) is 6.51. The van der Waals surface area contributed by atoms with E-state index in [9.17, 15) is 18.0 Å². The zero-order valence-corrected chi connectivity index (χ0v) is 18.0. The van der Waals surface area contributed by atoms with Crippen molar-refractivity contribution in [3.63, 3.8) is 0 Å². The van der Waals surface area contributed by atoms with Gasteiger partial charge in [-0.2, -0.15) is 13.2 Å². The summed E-state index contributed by atoms with van der Waals surface area (Å²) in [5.74, 6) is -1.14. The fourth-order valence-corrected chi connectivity index (χ4v) is 3.74. The average Bonchev–Trinajstić information content (AvgIpc) is 2.80. The summed E-state index contributed by atoms with van der Waals surface area (Å²) in [6.07, 6.45) is -1.13. The van der Waals surface area contributed by atoms with Crippen molar-refractivity contribution in [2.24, 2.45) is 0 Å². The Morgan fingerprint density at radius 2 is 1.67 bits per heavy atom. The van der Waals surface area contributed by atoms with Crippen LogP contribution in [0.4, 0.5) is 24.5 Å². The van der Waals surface area contributed by atoms with E-state index in [1.54, 1.807) is 54.9 Å². The molecule has 4 rings (SSSR count). The first kappa shape index (κ1) is 22.6. The molecule has 1 heterocycles. The lowest BCUT2D eigenvalue weighted by atomic mass is 9.96. The molecule has 0 saturated carbocycles. The van der Waals surface area contributed by atoms with Gasteiger partial charge in [-0.25, -0.2) is 0 Å². The summed E-state index contributed by atoms with van der Waals surface area (Å²) >= 11 is 6.21. The Morgan fingerprint density at radius 3 is 2.39 bits per heavy atom. The Morgan fingerprint density at radius 1 is 0.939 bits per heavy atom. The van der Waals surface area contributed by atoms with Crippen LogP contribution in [-0.4, -0.2) is 17.4 Å². The monoisotopic (exact) mass is 469 g/mol. The van der Waals surface area contributed by atoms with Crippen molar-refractivity contribution < 1.29 is 18.0 Å². The highest BCUT2D eigenvalue weighted by Crippen LogP contribution is 2.31. The number of anilines is 2. The highest BCUT2D eigenvalue weighted by atomic mass is 35.5. The summed E-state index contributed by atoms with van der Waals surface area (Å²) in [6.45, 7) is 0.132. The van der Waals surface area contributed by atoms with Gasteiger partial charge in [0, 0.05) is 35.4 Å². The Labute approximate surface area is 193 Å². The van der Waals surface area contributed by atoms with Gasteiger partial charge in [0.05, 0.1) is 22.2 Å². The Balaban J connectivity index is 1.63. The van der Waals surface area contributed by atoms with E-state index in [4.69, 9.17) is 11.6 Å². The van der Waals surface area contributed by atoms with Gasteiger partial charge >= 0.3 is 6.18 Å². The van der Waals surface area contributed by atoms with E-state index in [-0.39, 0.29) is 12.5 Å². The van der Waals surface area contributed by atoms with Crippen molar-refractivity contribution in [2.75, 3.05) is 17.2 Å². The molecule has 1 aromatic heterocycles. The number of hydrogen-bond acceptors (Lipinski definition) is 3. The molecule has 4 aromatic rings. The lowest BCUT2D eigenvalue weighted by Gasteiger charge is -2.20. The van der Waals surface area contributed by atoms with Crippen LogP contribution in [0, 0.1) is 0 Å². The number of carbonyl (C=O) groups is 1. The molecule has 168 valence electrons. The van der Waals surface area contributed by atoms with Gasteiger partial charge in [-0.3, -0.25) is 9.78 Å². The van der Waals surface area contributed by atoms with E-state index < -0.39 is 17.7 Å². The van der Waals surface area contributed by atoms with Crippen LogP contribution in [0.25, 0.3) is 10.8 Å². The maximum Gasteiger partial charge on any atom is 0.416 e. The van der Waals surface area contributed by atoms with Crippen molar-refractivity contribution in [2.45, 2.75) is 12.1 Å². The van der Waals surface area contributed by atoms with Gasteiger partial charge in [-0.15, -0.1) is 0 Å². The summed E-state index contributed by atoms with van der Waals surface area (Å²) in [5, 5.41) is 8.20. The van der Waals surface area contributed by atoms with Crippen molar-refractivity contribution in [3.05, 3.63) is 101 Å². The molecule has 1 unspecified atom stereocenters. The van der Waals surface area contributed by atoms with Crippen molar-refractivity contribution in [3.8, 4) is 0 Å². The quantitative estimate of drug-likeness (QED) is 0.329. The average molecular weight is 470 g/mol. The molecule has 0 spiro atoms. The van der Waals surface area contributed by atoms with Gasteiger partial charge in [-0.05, 0) is 42.0 Å². The smallest absolute Gasteiger partial charge is 0.383 e. The van der Waals surface area contributed by atoms with Gasteiger partial charge in [0.25, 0.3) is 0 Å². The standard InChI is InChI=1S/C25H19ClF3N3O/c26-21-5-1-2-6-23(21)31-15-20(16-8-10-18(11-9-16)25(27,28)29)24(33)32-22-7-3-4-17-14-30-13-12-19(17)22/h1-14,20,31H,15H2,(H,32,33). The number of carbonyl (C=O) groups excluding carboxylic acids is 1. The van der Waals surface area contributed by atoms with Crippen molar-refractivity contribution in [1.29, 1.82) is 0 Å². The minimum absolute atomic E-state index is 0.132. The summed E-state index contributed by atoms with van der Waals surface area (Å²) < 4.78 is 39.1. The molecule has 3 aromatic carbocycles. The van der Waals surface area contributed by atoms with Crippen LogP contribution in [-0.2, 0) is 11.0 Å². The first-order chi connectivity index (χ1) is 15.8. The van der Waals surface area contributed by atoms with E-state index in [0.29, 0.717) is 22.0 Å². The number of nitrogens with one attached hydrogen (secondary N) is 2. The first-order valence-electron chi connectivity index (χ1n) is 10.1. The Bertz CT molecular complexity index is 1270. The zero-order valence-electron chi connectivity index (χ0n) is 17.2. The molecule has 0 aliphatic carbocycles. The predicted molar refractivity (Wildman–Crippen MR) is 124 cm³/mol. The van der Waals surface area contributed by atoms with Crippen LogP contribution in [0.2, 0.25) is 5.02 Å². The normalized spacial score (nSPS) is 12.4. The van der Waals surface area contributed by atoms with E-state index in [0.717, 1.165) is 22.9 Å². The number of aromatic nitrogens is 1. The number of para-hydroxylation sites is 1. The zero-order chi connectivity index (χ0) is 23.4. The predicted octanol–water partition coefficient (Wildman–Crippen LogP) is 6.74. The minimum atomic E-state index is -4.46. The van der Waals surface area contributed by atoms with Crippen molar-refractivity contribution >= 4 is 39.7 Å². The van der Waals surface area contributed by atoms with Crippen LogP contribution in [0.1, 0.15) is 17.0 Å². The number of pyridine rings is 1. The second-order valence-corrected chi connectivity index (χ2v) is 7.83. The van der Waals surface area contributed by atoms with Crippen LogP contribution in [0.5, 0.6) is 0 Å². The second kappa shape index (κ2) is 9.50. The SMILES string of the molecule is O=C(Nc1cccc2cnccc12)C(CNc1ccccc1Cl)c1ccc(C(F)(F)F)cc1. The fraction of sp³-hybridized carbons (Fsp3) is 0.120. The van der Waals surface area contributed by atoms with E-state index in [2.05, 4.69) is 15.6 Å². The summed E-state index contributed by atoms with van der Waals surface area (Å²) in [5.41, 5.74) is 0.891. The van der Waals surface area contributed by atoms with E-state index in [1.165, 1.54) is 12.1 Å². The molecule has 4 nitrogen and oxygen atoms in total. The molecule has 0 radical (unpaired) electrons. The first-order valence-corrected chi connectivity index (χ1v) is 10.5. The van der Waals surface area contributed by atoms with Crippen LogP contribution >= 0.6 is 11.6 Å². The lowest BCUT2D eigenvalue weighted by Crippen LogP contribution is -2.27. The van der Waals surface area contributed by atoms with Gasteiger partial charge in [0.1, 0.15) is 0 Å². The van der Waals surface area contributed by atoms with Gasteiger partial charge in [-0.1, -0.05) is 48.0 Å². The molecule has 1 atom stereocenters. The molecule has 1 amide bonds. The van der Waals surface area contributed by atoms with Gasteiger partial charge in [0.2, 0.25) is 5.91 Å². The molecule has 0 aliphatic heterocycles.